The van der Waals surface area contributed by atoms with Gasteiger partial charge >= 0.3 is 0 Å². The van der Waals surface area contributed by atoms with Crippen LogP contribution < -0.4 is 0 Å². The molecule has 0 aromatic rings. The van der Waals surface area contributed by atoms with Crippen molar-refractivity contribution in [3.05, 3.63) is 11.8 Å². The summed E-state index contributed by atoms with van der Waals surface area (Å²) < 4.78 is 27.4. The van der Waals surface area contributed by atoms with Crippen molar-refractivity contribution in [3.63, 3.8) is 0 Å². The number of hydrogen-bond acceptors (Lipinski definition) is 2. The molecule has 10 heavy (non-hydrogen) atoms. The van der Waals surface area contributed by atoms with Crippen molar-refractivity contribution in [2.75, 3.05) is 7.11 Å². The highest BCUT2D eigenvalue weighted by Gasteiger charge is 2.11. The Kier molecular flexibility index (Phi) is 3.61. The van der Waals surface area contributed by atoms with E-state index in [4.69, 9.17) is 0 Å². The Morgan fingerprint density at radius 3 is 2.40 bits per heavy atom. The van der Waals surface area contributed by atoms with Gasteiger partial charge in [-0.1, -0.05) is 0 Å². The molecule has 4 heteroatoms. The smallest absolute Gasteiger partial charge is 0.300 e. The normalized spacial score (nSPS) is 11.9. The number of hydrogen-bond donors (Lipinski definition) is 0. The number of carbonyl (C=O) groups is 1. The van der Waals surface area contributed by atoms with Crippen LogP contribution in [0.5, 0.6) is 0 Å². The Morgan fingerprint density at radius 1 is 1.60 bits per heavy atom. The first kappa shape index (κ1) is 9.07. The Labute approximate surface area is 57.5 Å². The lowest BCUT2D eigenvalue weighted by atomic mass is 10.3. The van der Waals surface area contributed by atoms with Crippen LogP contribution in [0.25, 0.3) is 0 Å². The van der Waals surface area contributed by atoms with Crippen molar-refractivity contribution in [3.8, 4) is 0 Å². The fraction of sp³-hybridized carbons (Fsp3) is 0.500. The van der Waals surface area contributed by atoms with Crippen molar-refractivity contribution < 1.29 is 18.3 Å². The molecule has 58 valence electrons. The molecule has 0 saturated carbocycles. The van der Waals surface area contributed by atoms with Gasteiger partial charge in [0.15, 0.2) is 0 Å². The molecule has 0 aliphatic heterocycles. The average molecular weight is 150 g/mol. The molecular weight excluding hydrogens is 142 g/mol. The third kappa shape index (κ3) is 3.17. The third-order valence-electron chi connectivity index (χ3n) is 0.883. The van der Waals surface area contributed by atoms with Gasteiger partial charge < -0.3 is 4.74 Å². The van der Waals surface area contributed by atoms with Gasteiger partial charge in [0.1, 0.15) is 0 Å². The standard InChI is InChI=1S/C6H8F2O2/c1-4(10-2)3-5(9)6(7)8/h3,6H,1-2H3. The molecule has 0 N–H and O–H groups in total. The average Bonchev–Trinajstić information content (AvgIpc) is 1.87. The van der Waals surface area contributed by atoms with Crippen LogP contribution >= 0.6 is 0 Å². The largest absolute Gasteiger partial charge is 0.501 e. The van der Waals surface area contributed by atoms with Gasteiger partial charge in [0.2, 0.25) is 5.78 Å². The lowest BCUT2D eigenvalue weighted by Gasteiger charge is -1.96. The number of halogens is 2. The second-order valence-corrected chi connectivity index (χ2v) is 1.66. The van der Waals surface area contributed by atoms with Gasteiger partial charge in [-0.3, -0.25) is 4.79 Å². The number of ether oxygens (including phenoxy) is 1. The van der Waals surface area contributed by atoms with Gasteiger partial charge in [-0.05, 0) is 6.92 Å². The number of rotatable bonds is 3. The SMILES string of the molecule is COC(C)=CC(=O)C(F)F. The third-order valence-corrected chi connectivity index (χ3v) is 0.883. The van der Waals surface area contributed by atoms with Crippen molar-refractivity contribution >= 4 is 5.78 Å². The number of ketones is 1. The summed E-state index contributed by atoms with van der Waals surface area (Å²) in [7, 11) is 1.31. The van der Waals surface area contributed by atoms with E-state index in [1.165, 1.54) is 14.0 Å². The topological polar surface area (TPSA) is 26.3 Å². The van der Waals surface area contributed by atoms with Crippen LogP contribution in [0.4, 0.5) is 8.78 Å². The molecule has 0 rings (SSSR count). The fourth-order valence-electron chi connectivity index (χ4n) is 0.322. The summed E-state index contributed by atoms with van der Waals surface area (Å²) in [4.78, 5) is 10.2. The Balaban J connectivity index is 4.00. The summed E-state index contributed by atoms with van der Waals surface area (Å²) >= 11 is 0. The molecule has 0 atom stereocenters. The molecule has 0 aromatic carbocycles. The molecule has 0 amide bonds. The van der Waals surface area contributed by atoms with E-state index in [0.717, 1.165) is 6.08 Å². The minimum absolute atomic E-state index is 0.185. The summed E-state index contributed by atoms with van der Waals surface area (Å²) in [6, 6.07) is 0. The summed E-state index contributed by atoms with van der Waals surface area (Å²) in [6.07, 6.45) is -2.17. The zero-order valence-electron chi connectivity index (χ0n) is 5.73. The van der Waals surface area contributed by atoms with Crippen LogP contribution in [0.15, 0.2) is 11.8 Å². The van der Waals surface area contributed by atoms with E-state index in [-0.39, 0.29) is 5.76 Å². The van der Waals surface area contributed by atoms with Gasteiger partial charge in [0.05, 0.1) is 12.9 Å². The van der Waals surface area contributed by atoms with Crippen LogP contribution in [-0.2, 0) is 9.53 Å². The van der Waals surface area contributed by atoms with Gasteiger partial charge in [0.25, 0.3) is 6.43 Å². The first-order valence-corrected chi connectivity index (χ1v) is 2.62. The highest BCUT2D eigenvalue weighted by molar-refractivity contribution is 5.92. The Bertz CT molecular complexity index is 152. The minimum Gasteiger partial charge on any atom is -0.501 e. The number of allylic oxidation sites excluding steroid dienone is 2. The maximum Gasteiger partial charge on any atom is 0.300 e. The molecular formula is C6H8F2O2. The molecule has 0 saturated heterocycles. The minimum atomic E-state index is -2.94. The molecule has 0 unspecified atom stereocenters. The molecule has 0 radical (unpaired) electrons. The maximum absolute atomic E-state index is 11.5. The summed E-state index contributed by atoms with van der Waals surface area (Å²) in [6.45, 7) is 1.43. The van der Waals surface area contributed by atoms with Gasteiger partial charge in [-0.15, -0.1) is 0 Å². The predicted molar refractivity (Wildman–Crippen MR) is 31.8 cm³/mol. The lowest BCUT2D eigenvalue weighted by molar-refractivity contribution is -0.124. The predicted octanol–water partition coefficient (Wildman–Crippen LogP) is 1.37. The number of methoxy groups -OCH3 is 1. The fourth-order valence-corrected chi connectivity index (χ4v) is 0.322. The highest BCUT2D eigenvalue weighted by atomic mass is 19.3. The van der Waals surface area contributed by atoms with Crippen LogP contribution in [0.2, 0.25) is 0 Å². The molecule has 0 fully saturated rings. The molecule has 0 aromatic heterocycles. The summed E-state index contributed by atoms with van der Waals surface area (Å²) in [5, 5.41) is 0. The van der Waals surface area contributed by atoms with E-state index in [2.05, 4.69) is 4.74 Å². The van der Waals surface area contributed by atoms with E-state index in [9.17, 15) is 13.6 Å². The number of carbonyl (C=O) groups excluding carboxylic acids is 1. The molecule has 2 nitrogen and oxygen atoms in total. The first-order valence-electron chi connectivity index (χ1n) is 2.62. The van der Waals surface area contributed by atoms with Crippen LogP contribution in [0.1, 0.15) is 6.92 Å². The maximum atomic E-state index is 11.5. The van der Waals surface area contributed by atoms with E-state index >= 15 is 0 Å². The number of alkyl halides is 2. The molecule has 0 aliphatic carbocycles. The molecule has 0 aliphatic rings. The van der Waals surface area contributed by atoms with E-state index in [1.807, 2.05) is 0 Å². The lowest BCUT2D eigenvalue weighted by Crippen LogP contribution is -2.06. The monoisotopic (exact) mass is 150 g/mol. The van der Waals surface area contributed by atoms with Gasteiger partial charge in [-0.25, -0.2) is 8.78 Å². The van der Waals surface area contributed by atoms with Crippen LogP contribution in [-0.4, -0.2) is 19.3 Å². The van der Waals surface area contributed by atoms with Crippen LogP contribution in [0.3, 0.4) is 0 Å². The van der Waals surface area contributed by atoms with E-state index in [0.29, 0.717) is 0 Å². The molecule has 0 spiro atoms. The Hall–Kier alpha value is -0.930. The molecule has 0 heterocycles. The Morgan fingerprint density at radius 2 is 2.10 bits per heavy atom. The van der Waals surface area contributed by atoms with E-state index < -0.39 is 12.2 Å². The summed E-state index contributed by atoms with van der Waals surface area (Å²) in [5.74, 6) is -1.04. The molecule has 0 bridgehead atoms. The second-order valence-electron chi connectivity index (χ2n) is 1.66. The van der Waals surface area contributed by atoms with Crippen molar-refractivity contribution in [1.82, 2.24) is 0 Å². The zero-order valence-corrected chi connectivity index (χ0v) is 5.73. The highest BCUT2D eigenvalue weighted by Crippen LogP contribution is 1.99. The van der Waals surface area contributed by atoms with Crippen LogP contribution in [0, 0.1) is 0 Å². The van der Waals surface area contributed by atoms with E-state index in [1.54, 1.807) is 0 Å². The van der Waals surface area contributed by atoms with Crippen molar-refractivity contribution in [1.29, 1.82) is 0 Å². The van der Waals surface area contributed by atoms with Crippen molar-refractivity contribution in [2.45, 2.75) is 13.3 Å². The second kappa shape index (κ2) is 3.98. The summed E-state index contributed by atoms with van der Waals surface area (Å²) in [5.41, 5.74) is 0. The van der Waals surface area contributed by atoms with Gasteiger partial charge in [-0.2, -0.15) is 0 Å². The van der Waals surface area contributed by atoms with Crippen molar-refractivity contribution in [2.24, 2.45) is 0 Å². The van der Waals surface area contributed by atoms with Gasteiger partial charge in [0, 0.05) is 6.08 Å². The quantitative estimate of drug-likeness (QED) is 0.448. The first-order chi connectivity index (χ1) is 4.57. The zero-order chi connectivity index (χ0) is 8.15.